The second-order valence-electron chi connectivity index (χ2n) is 6.20. The van der Waals surface area contributed by atoms with Crippen LogP contribution in [0.15, 0.2) is 59.5 Å². The maximum absolute atomic E-state index is 11.9. The topological polar surface area (TPSA) is 101 Å². The molecule has 0 aromatic heterocycles. The van der Waals surface area contributed by atoms with Crippen molar-refractivity contribution in [3.8, 4) is 0 Å². The van der Waals surface area contributed by atoms with E-state index in [0.29, 0.717) is 18.9 Å². The van der Waals surface area contributed by atoms with Gasteiger partial charge in [-0.1, -0.05) is 42.5 Å². The van der Waals surface area contributed by atoms with E-state index in [2.05, 4.69) is 22.8 Å². The average Bonchev–Trinajstić information content (AvgIpc) is 3.34. The number of carbonyl (C=O) groups is 1. The van der Waals surface area contributed by atoms with Gasteiger partial charge in [-0.05, 0) is 36.1 Å². The minimum absolute atomic E-state index is 0.0858. The lowest BCUT2D eigenvalue weighted by atomic mass is 10.1. The molecule has 25 heavy (non-hydrogen) atoms. The standard InChI is InChI=1S/C18H21N3O3S/c19-25(23,24)15-8-6-13(7-9-15)10-11-20-18(22)21-17-12-16(17)14-4-2-1-3-5-14/h1-9,16-17H,10-12H2,(H2,19,23,24)(H2,20,21,22). The Morgan fingerprint density at radius 3 is 2.40 bits per heavy atom. The van der Waals surface area contributed by atoms with Crippen LogP contribution in [0.5, 0.6) is 0 Å². The number of urea groups is 1. The highest BCUT2D eigenvalue weighted by atomic mass is 32.2. The van der Waals surface area contributed by atoms with E-state index >= 15 is 0 Å². The van der Waals surface area contributed by atoms with E-state index in [1.54, 1.807) is 12.1 Å². The summed E-state index contributed by atoms with van der Waals surface area (Å²) in [6.07, 6.45) is 1.58. The molecule has 0 bridgehead atoms. The summed E-state index contributed by atoms with van der Waals surface area (Å²) in [6.45, 7) is 0.475. The van der Waals surface area contributed by atoms with Crippen LogP contribution in [0.2, 0.25) is 0 Å². The molecule has 1 aliphatic rings. The van der Waals surface area contributed by atoms with Crippen LogP contribution in [-0.2, 0) is 16.4 Å². The molecule has 2 unspecified atom stereocenters. The van der Waals surface area contributed by atoms with Gasteiger partial charge in [0.05, 0.1) is 4.90 Å². The Hall–Kier alpha value is -2.38. The van der Waals surface area contributed by atoms with Crippen LogP contribution in [0.3, 0.4) is 0 Å². The Morgan fingerprint density at radius 2 is 1.76 bits per heavy atom. The number of primary sulfonamides is 1. The first-order chi connectivity index (χ1) is 11.9. The van der Waals surface area contributed by atoms with Crippen LogP contribution in [0.25, 0.3) is 0 Å². The van der Waals surface area contributed by atoms with E-state index in [1.165, 1.54) is 17.7 Å². The lowest BCUT2D eigenvalue weighted by Crippen LogP contribution is -2.38. The number of benzene rings is 2. The summed E-state index contributed by atoms with van der Waals surface area (Å²) >= 11 is 0. The van der Waals surface area contributed by atoms with Crippen molar-refractivity contribution in [3.05, 3.63) is 65.7 Å². The second-order valence-corrected chi connectivity index (χ2v) is 7.76. The van der Waals surface area contributed by atoms with Gasteiger partial charge in [0.25, 0.3) is 0 Å². The number of rotatable bonds is 6. The van der Waals surface area contributed by atoms with E-state index in [1.807, 2.05) is 18.2 Å². The number of sulfonamides is 1. The SMILES string of the molecule is NS(=O)(=O)c1ccc(CCNC(=O)NC2CC2c2ccccc2)cc1. The first-order valence-electron chi connectivity index (χ1n) is 8.14. The third-order valence-electron chi connectivity index (χ3n) is 4.29. The molecule has 4 N–H and O–H groups in total. The van der Waals surface area contributed by atoms with Gasteiger partial charge in [-0.25, -0.2) is 18.4 Å². The van der Waals surface area contributed by atoms with Crippen LogP contribution in [0.1, 0.15) is 23.5 Å². The fourth-order valence-corrected chi connectivity index (χ4v) is 3.32. The Bertz CT molecular complexity index is 836. The van der Waals surface area contributed by atoms with Crippen molar-refractivity contribution in [1.29, 1.82) is 0 Å². The summed E-state index contributed by atoms with van der Waals surface area (Å²) in [5.74, 6) is 0.401. The van der Waals surface area contributed by atoms with Crippen LogP contribution in [-0.4, -0.2) is 27.0 Å². The molecule has 1 fully saturated rings. The zero-order valence-electron chi connectivity index (χ0n) is 13.7. The maximum atomic E-state index is 11.9. The fraction of sp³-hybridized carbons (Fsp3) is 0.278. The van der Waals surface area contributed by atoms with Crippen LogP contribution < -0.4 is 15.8 Å². The van der Waals surface area contributed by atoms with Gasteiger partial charge in [0.2, 0.25) is 10.0 Å². The van der Waals surface area contributed by atoms with E-state index in [4.69, 9.17) is 5.14 Å². The molecule has 132 valence electrons. The van der Waals surface area contributed by atoms with Crippen molar-refractivity contribution in [3.63, 3.8) is 0 Å². The number of hydrogen-bond acceptors (Lipinski definition) is 3. The van der Waals surface area contributed by atoms with Gasteiger partial charge in [0.15, 0.2) is 0 Å². The van der Waals surface area contributed by atoms with E-state index in [0.717, 1.165) is 12.0 Å². The molecule has 0 heterocycles. The molecule has 1 aliphatic carbocycles. The van der Waals surface area contributed by atoms with Gasteiger partial charge in [-0.15, -0.1) is 0 Å². The zero-order valence-corrected chi connectivity index (χ0v) is 14.5. The molecule has 3 rings (SSSR count). The fourth-order valence-electron chi connectivity index (χ4n) is 2.81. The van der Waals surface area contributed by atoms with Crippen molar-refractivity contribution >= 4 is 16.1 Å². The van der Waals surface area contributed by atoms with E-state index < -0.39 is 10.0 Å². The molecule has 0 saturated heterocycles. The third kappa shape index (κ3) is 4.80. The number of nitrogens with two attached hydrogens (primary N) is 1. The van der Waals surface area contributed by atoms with Gasteiger partial charge >= 0.3 is 6.03 Å². The first-order valence-corrected chi connectivity index (χ1v) is 9.69. The average molecular weight is 359 g/mol. The zero-order chi connectivity index (χ0) is 17.9. The van der Waals surface area contributed by atoms with Crippen molar-refractivity contribution < 1.29 is 13.2 Å². The predicted molar refractivity (Wildman–Crippen MR) is 95.6 cm³/mol. The Morgan fingerprint density at radius 1 is 1.08 bits per heavy atom. The monoisotopic (exact) mass is 359 g/mol. The summed E-state index contributed by atoms with van der Waals surface area (Å²) in [5.41, 5.74) is 2.18. The number of hydrogen-bond donors (Lipinski definition) is 3. The molecule has 6 nitrogen and oxygen atoms in total. The number of nitrogens with one attached hydrogen (secondary N) is 2. The van der Waals surface area contributed by atoms with E-state index in [-0.39, 0.29) is 17.0 Å². The van der Waals surface area contributed by atoms with Crippen molar-refractivity contribution in [1.82, 2.24) is 10.6 Å². The molecular formula is C18H21N3O3S. The highest BCUT2D eigenvalue weighted by Crippen LogP contribution is 2.40. The summed E-state index contributed by atoms with van der Waals surface area (Å²) in [5, 5.41) is 10.9. The Balaban J connectivity index is 1.40. The van der Waals surface area contributed by atoms with Crippen molar-refractivity contribution in [2.24, 2.45) is 5.14 Å². The van der Waals surface area contributed by atoms with Crippen LogP contribution in [0.4, 0.5) is 4.79 Å². The summed E-state index contributed by atoms with van der Waals surface area (Å²) in [6, 6.07) is 16.5. The Kier molecular flexibility index (Phi) is 5.06. The molecule has 0 radical (unpaired) electrons. The molecule has 7 heteroatoms. The molecule has 0 aliphatic heterocycles. The van der Waals surface area contributed by atoms with Gasteiger partial charge in [0, 0.05) is 18.5 Å². The number of carbonyl (C=O) groups excluding carboxylic acids is 1. The summed E-state index contributed by atoms with van der Waals surface area (Å²) < 4.78 is 22.4. The maximum Gasteiger partial charge on any atom is 0.315 e. The molecule has 2 amide bonds. The van der Waals surface area contributed by atoms with Crippen LogP contribution in [0, 0.1) is 0 Å². The third-order valence-corrected chi connectivity index (χ3v) is 5.22. The van der Waals surface area contributed by atoms with Gasteiger partial charge in [-0.3, -0.25) is 0 Å². The highest BCUT2D eigenvalue weighted by Gasteiger charge is 2.39. The lowest BCUT2D eigenvalue weighted by molar-refractivity contribution is 0.240. The summed E-state index contributed by atoms with van der Waals surface area (Å²) in [4.78, 5) is 12.0. The smallest absolute Gasteiger partial charge is 0.315 e. The first kappa shape index (κ1) is 17.4. The van der Waals surface area contributed by atoms with Gasteiger partial charge in [0.1, 0.15) is 0 Å². The van der Waals surface area contributed by atoms with Gasteiger partial charge in [-0.2, -0.15) is 0 Å². The molecule has 1 saturated carbocycles. The van der Waals surface area contributed by atoms with E-state index in [9.17, 15) is 13.2 Å². The second kappa shape index (κ2) is 7.25. The largest absolute Gasteiger partial charge is 0.338 e. The Labute approximate surface area is 147 Å². The highest BCUT2D eigenvalue weighted by molar-refractivity contribution is 7.89. The molecule has 0 spiro atoms. The summed E-state index contributed by atoms with van der Waals surface area (Å²) in [7, 11) is -3.67. The number of amides is 2. The molecule has 2 aromatic rings. The molecule has 2 aromatic carbocycles. The normalized spacial score (nSPS) is 19.2. The lowest BCUT2D eigenvalue weighted by Gasteiger charge is -2.08. The van der Waals surface area contributed by atoms with Crippen LogP contribution >= 0.6 is 0 Å². The van der Waals surface area contributed by atoms with Crippen molar-refractivity contribution in [2.75, 3.05) is 6.54 Å². The molecule has 2 atom stereocenters. The minimum Gasteiger partial charge on any atom is -0.338 e. The minimum atomic E-state index is -3.67. The molecular weight excluding hydrogens is 338 g/mol. The quantitative estimate of drug-likeness (QED) is 0.732. The van der Waals surface area contributed by atoms with Crippen molar-refractivity contribution in [2.45, 2.75) is 29.7 Å². The van der Waals surface area contributed by atoms with Gasteiger partial charge < -0.3 is 10.6 Å². The predicted octanol–water partition coefficient (Wildman–Crippen LogP) is 1.73.